The van der Waals surface area contributed by atoms with Crippen LogP contribution in [0.15, 0.2) is 72.8 Å². The fourth-order valence-corrected chi connectivity index (χ4v) is 2.82. The van der Waals surface area contributed by atoms with Crippen molar-refractivity contribution in [2.75, 3.05) is 10.6 Å². The van der Waals surface area contributed by atoms with E-state index in [-0.39, 0.29) is 17.6 Å². The van der Waals surface area contributed by atoms with Crippen molar-refractivity contribution in [1.29, 1.82) is 0 Å². The van der Waals surface area contributed by atoms with Crippen molar-refractivity contribution in [3.63, 3.8) is 0 Å². The predicted molar refractivity (Wildman–Crippen MR) is 115 cm³/mol. The van der Waals surface area contributed by atoms with Gasteiger partial charge in [-0.05, 0) is 67.4 Å². The Kier molecular flexibility index (Phi) is 6.19. The third kappa shape index (κ3) is 5.17. The van der Waals surface area contributed by atoms with Crippen molar-refractivity contribution in [1.82, 2.24) is 0 Å². The largest absolute Gasteiger partial charge is 0.322 e. The summed E-state index contributed by atoms with van der Waals surface area (Å²) >= 11 is 0. The lowest BCUT2D eigenvalue weighted by Crippen LogP contribution is -2.14. The molecule has 3 rings (SSSR count). The molecular formula is C24H22N2O3. The zero-order valence-corrected chi connectivity index (χ0v) is 16.4. The molecule has 3 aromatic rings. The van der Waals surface area contributed by atoms with Crippen LogP contribution in [0.2, 0.25) is 0 Å². The first-order valence-corrected chi connectivity index (χ1v) is 9.39. The number of Topliss-reactive ketones (excluding diaryl/α,β-unsaturated/α-hetero) is 1. The monoisotopic (exact) mass is 386 g/mol. The van der Waals surface area contributed by atoms with Crippen LogP contribution >= 0.6 is 0 Å². The van der Waals surface area contributed by atoms with Crippen LogP contribution in [-0.2, 0) is 6.42 Å². The second-order valence-electron chi connectivity index (χ2n) is 6.67. The minimum absolute atomic E-state index is 0.0687. The van der Waals surface area contributed by atoms with E-state index in [1.807, 2.05) is 24.3 Å². The highest BCUT2D eigenvalue weighted by molar-refractivity contribution is 6.07. The van der Waals surface area contributed by atoms with Crippen LogP contribution in [0.1, 0.15) is 50.5 Å². The lowest BCUT2D eigenvalue weighted by molar-refractivity contribution is 0.101. The molecule has 0 radical (unpaired) electrons. The maximum Gasteiger partial charge on any atom is 0.255 e. The summed E-state index contributed by atoms with van der Waals surface area (Å²) in [5.74, 6) is -0.621. The summed E-state index contributed by atoms with van der Waals surface area (Å²) < 4.78 is 0. The smallest absolute Gasteiger partial charge is 0.255 e. The van der Waals surface area contributed by atoms with Crippen molar-refractivity contribution in [2.24, 2.45) is 0 Å². The van der Waals surface area contributed by atoms with Gasteiger partial charge in [0.25, 0.3) is 11.8 Å². The molecule has 0 spiro atoms. The minimum atomic E-state index is -0.312. The van der Waals surface area contributed by atoms with Crippen LogP contribution in [0.3, 0.4) is 0 Å². The number of anilines is 2. The second kappa shape index (κ2) is 8.97. The van der Waals surface area contributed by atoms with Crippen LogP contribution in [0, 0.1) is 0 Å². The molecule has 146 valence electrons. The summed E-state index contributed by atoms with van der Waals surface area (Å²) in [5, 5.41) is 5.60. The number of benzene rings is 3. The minimum Gasteiger partial charge on any atom is -0.322 e. The van der Waals surface area contributed by atoms with Crippen LogP contribution in [0.25, 0.3) is 0 Å². The van der Waals surface area contributed by atoms with Crippen molar-refractivity contribution in [3.8, 4) is 0 Å². The Morgan fingerprint density at radius 1 is 0.690 bits per heavy atom. The van der Waals surface area contributed by atoms with E-state index in [2.05, 4.69) is 17.6 Å². The van der Waals surface area contributed by atoms with Gasteiger partial charge in [0, 0.05) is 28.1 Å². The maximum atomic E-state index is 12.4. The van der Waals surface area contributed by atoms with Gasteiger partial charge in [0.05, 0.1) is 0 Å². The summed E-state index contributed by atoms with van der Waals surface area (Å²) in [7, 11) is 0. The van der Waals surface area contributed by atoms with E-state index in [9.17, 15) is 14.4 Å². The SMILES string of the molecule is CCc1ccc(NC(=O)c2ccc(C(=O)Nc3cccc(C(C)=O)c3)cc2)cc1. The fourth-order valence-electron chi connectivity index (χ4n) is 2.82. The number of hydrogen-bond acceptors (Lipinski definition) is 3. The molecule has 3 aromatic carbocycles. The lowest BCUT2D eigenvalue weighted by atomic mass is 10.1. The van der Waals surface area contributed by atoms with E-state index in [4.69, 9.17) is 0 Å². The fraction of sp³-hybridized carbons (Fsp3) is 0.125. The van der Waals surface area contributed by atoms with Gasteiger partial charge >= 0.3 is 0 Å². The molecule has 29 heavy (non-hydrogen) atoms. The molecular weight excluding hydrogens is 364 g/mol. The second-order valence-corrected chi connectivity index (χ2v) is 6.67. The normalized spacial score (nSPS) is 10.3. The number of ketones is 1. The molecule has 0 aliphatic rings. The molecule has 0 saturated carbocycles. The molecule has 0 heterocycles. The van der Waals surface area contributed by atoms with E-state index in [0.29, 0.717) is 22.4 Å². The summed E-state index contributed by atoms with van der Waals surface area (Å²) in [6.07, 6.45) is 0.941. The summed E-state index contributed by atoms with van der Waals surface area (Å²) in [4.78, 5) is 36.3. The number of rotatable bonds is 6. The van der Waals surface area contributed by atoms with Crippen LogP contribution in [0.4, 0.5) is 11.4 Å². The van der Waals surface area contributed by atoms with Crippen LogP contribution < -0.4 is 10.6 Å². The molecule has 0 fully saturated rings. The Labute approximate surface area is 169 Å². The molecule has 2 amide bonds. The van der Waals surface area contributed by atoms with E-state index >= 15 is 0 Å². The molecule has 5 nitrogen and oxygen atoms in total. The van der Waals surface area contributed by atoms with Crippen molar-refractivity contribution < 1.29 is 14.4 Å². The summed E-state index contributed by atoms with van der Waals surface area (Å²) in [6, 6.07) is 20.9. The zero-order chi connectivity index (χ0) is 20.8. The molecule has 2 N–H and O–H groups in total. The standard InChI is InChI=1S/C24H22N2O3/c1-3-17-7-13-21(14-8-17)25-23(28)18-9-11-19(12-10-18)24(29)26-22-6-4-5-20(15-22)16(2)27/h4-15H,3H2,1-2H3,(H,25,28)(H,26,29). The first kappa shape index (κ1) is 20.0. The number of aryl methyl sites for hydroxylation is 1. The van der Waals surface area contributed by atoms with Gasteiger partial charge in [0.1, 0.15) is 0 Å². The molecule has 5 heteroatoms. The predicted octanol–water partition coefficient (Wildman–Crippen LogP) is 4.96. The Bertz CT molecular complexity index is 1040. The summed E-state index contributed by atoms with van der Waals surface area (Å²) in [6.45, 7) is 3.55. The van der Waals surface area contributed by atoms with Gasteiger partial charge in [-0.15, -0.1) is 0 Å². The average Bonchev–Trinajstić information content (AvgIpc) is 2.74. The number of amides is 2. The molecule has 0 saturated heterocycles. The third-order valence-corrected chi connectivity index (χ3v) is 4.56. The molecule has 0 aromatic heterocycles. The highest BCUT2D eigenvalue weighted by atomic mass is 16.2. The van der Waals surface area contributed by atoms with Crippen LogP contribution in [-0.4, -0.2) is 17.6 Å². The summed E-state index contributed by atoms with van der Waals surface area (Å²) in [5.41, 5.74) is 3.87. The average molecular weight is 386 g/mol. The van der Waals surface area contributed by atoms with Gasteiger partial charge < -0.3 is 10.6 Å². The van der Waals surface area contributed by atoms with Gasteiger partial charge in [-0.25, -0.2) is 0 Å². The number of carbonyl (C=O) groups is 3. The van der Waals surface area contributed by atoms with E-state index in [1.54, 1.807) is 48.5 Å². The number of carbonyl (C=O) groups excluding carboxylic acids is 3. The van der Waals surface area contributed by atoms with Gasteiger partial charge in [0.2, 0.25) is 0 Å². The van der Waals surface area contributed by atoms with E-state index in [0.717, 1.165) is 12.1 Å². The Hall–Kier alpha value is -3.73. The Morgan fingerprint density at radius 3 is 1.76 bits per heavy atom. The van der Waals surface area contributed by atoms with Crippen molar-refractivity contribution in [2.45, 2.75) is 20.3 Å². The molecule has 0 aliphatic carbocycles. The molecule has 0 bridgehead atoms. The van der Waals surface area contributed by atoms with Gasteiger partial charge in [-0.2, -0.15) is 0 Å². The molecule has 0 aliphatic heterocycles. The molecule has 0 unspecified atom stereocenters. The van der Waals surface area contributed by atoms with Crippen LogP contribution in [0.5, 0.6) is 0 Å². The quantitative estimate of drug-likeness (QED) is 0.588. The molecule has 0 atom stereocenters. The van der Waals surface area contributed by atoms with Gasteiger partial charge in [-0.3, -0.25) is 14.4 Å². The topological polar surface area (TPSA) is 75.3 Å². The zero-order valence-electron chi connectivity index (χ0n) is 16.4. The first-order chi connectivity index (χ1) is 14.0. The number of hydrogen-bond donors (Lipinski definition) is 2. The van der Waals surface area contributed by atoms with E-state index in [1.165, 1.54) is 12.5 Å². The number of nitrogens with one attached hydrogen (secondary N) is 2. The Balaban J connectivity index is 1.65. The third-order valence-electron chi connectivity index (χ3n) is 4.56. The van der Waals surface area contributed by atoms with Crippen molar-refractivity contribution in [3.05, 3.63) is 95.1 Å². The first-order valence-electron chi connectivity index (χ1n) is 9.39. The van der Waals surface area contributed by atoms with Gasteiger partial charge in [0.15, 0.2) is 5.78 Å². The van der Waals surface area contributed by atoms with Crippen molar-refractivity contribution >= 4 is 29.0 Å². The maximum absolute atomic E-state index is 12.4. The van der Waals surface area contributed by atoms with Gasteiger partial charge in [-0.1, -0.05) is 31.2 Å². The highest BCUT2D eigenvalue weighted by Crippen LogP contribution is 2.15. The Morgan fingerprint density at radius 2 is 1.24 bits per heavy atom. The lowest BCUT2D eigenvalue weighted by Gasteiger charge is -2.08. The highest BCUT2D eigenvalue weighted by Gasteiger charge is 2.10. The van der Waals surface area contributed by atoms with E-state index < -0.39 is 0 Å².